The molecule has 1 unspecified atom stereocenters. The molecule has 3 rings (SSSR count). The first-order valence-electron chi connectivity index (χ1n) is 5.12. The van der Waals surface area contributed by atoms with Crippen LogP contribution in [0.25, 0.3) is 0 Å². The molecule has 2 aliphatic rings. The zero-order valence-corrected chi connectivity index (χ0v) is 9.55. The van der Waals surface area contributed by atoms with E-state index in [1.165, 1.54) is 35.1 Å². The van der Waals surface area contributed by atoms with E-state index >= 15 is 0 Å². The molecule has 2 aliphatic heterocycles. The SMILES string of the molecule is Brc1ccc2c(c1)CN1CCCC1N2. The number of benzene rings is 1. The molecule has 14 heavy (non-hydrogen) atoms. The van der Waals surface area contributed by atoms with Gasteiger partial charge >= 0.3 is 0 Å². The fraction of sp³-hybridized carbons (Fsp3) is 0.455. The fourth-order valence-electron chi connectivity index (χ4n) is 2.41. The van der Waals surface area contributed by atoms with Gasteiger partial charge in [0.2, 0.25) is 0 Å². The van der Waals surface area contributed by atoms with Crippen LogP contribution >= 0.6 is 15.9 Å². The second-order valence-electron chi connectivity index (χ2n) is 4.07. The summed E-state index contributed by atoms with van der Waals surface area (Å²) in [4.78, 5) is 2.52. The van der Waals surface area contributed by atoms with Crippen LogP contribution in [0, 0.1) is 0 Å². The number of anilines is 1. The molecule has 1 atom stereocenters. The van der Waals surface area contributed by atoms with Crippen LogP contribution in [-0.4, -0.2) is 17.6 Å². The van der Waals surface area contributed by atoms with E-state index in [1.54, 1.807) is 0 Å². The van der Waals surface area contributed by atoms with Crippen LogP contribution in [0.1, 0.15) is 18.4 Å². The van der Waals surface area contributed by atoms with Gasteiger partial charge in [-0.1, -0.05) is 15.9 Å². The van der Waals surface area contributed by atoms with Gasteiger partial charge in [-0.3, -0.25) is 4.90 Å². The highest BCUT2D eigenvalue weighted by Crippen LogP contribution is 2.32. The van der Waals surface area contributed by atoms with Crippen LogP contribution in [0.4, 0.5) is 5.69 Å². The third-order valence-electron chi connectivity index (χ3n) is 3.13. The Balaban J connectivity index is 1.97. The van der Waals surface area contributed by atoms with Crippen molar-refractivity contribution < 1.29 is 0 Å². The topological polar surface area (TPSA) is 15.3 Å². The largest absolute Gasteiger partial charge is 0.369 e. The first-order valence-corrected chi connectivity index (χ1v) is 5.91. The molecule has 1 aromatic rings. The summed E-state index contributed by atoms with van der Waals surface area (Å²) in [7, 11) is 0. The maximum absolute atomic E-state index is 3.59. The first kappa shape index (κ1) is 8.74. The van der Waals surface area contributed by atoms with E-state index in [0.717, 1.165) is 6.54 Å². The van der Waals surface area contributed by atoms with Crippen LogP contribution < -0.4 is 5.32 Å². The molecular formula is C11H13BrN2. The molecule has 2 heterocycles. The minimum absolute atomic E-state index is 0.587. The Kier molecular flexibility index (Phi) is 2.03. The Hall–Kier alpha value is -0.540. The molecule has 0 saturated carbocycles. The summed E-state index contributed by atoms with van der Waals surface area (Å²) >= 11 is 3.52. The summed E-state index contributed by atoms with van der Waals surface area (Å²) in [6, 6.07) is 6.50. The molecule has 74 valence electrons. The van der Waals surface area contributed by atoms with E-state index in [4.69, 9.17) is 0 Å². The van der Waals surface area contributed by atoms with Crippen LogP contribution in [0.5, 0.6) is 0 Å². The van der Waals surface area contributed by atoms with Crippen molar-refractivity contribution in [2.45, 2.75) is 25.6 Å². The molecule has 1 fully saturated rings. The van der Waals surface area contributed by atoms with Gasteiger partial charge in [-0.05, 0) is 36.6 Å². The molecule has 0 bridgehead atoms. The van der Waals surface area contributed by atoms with Crippen LogP contribution in [0.2, 0.25) is 0 Å². The highest BCUT2D eigenvalue weighted by atomic mass is 79.9. The van der Waals surface area contributed by atoms with Crippen molar-refractivity contribution in [2.75, 3.05) is 11.9 Å². The minimum Gasteiger partial charge on any atom is -0.369 e. The van der Waals surface area contributed by atoms with Crippen LogP contribution in [0.3, 0.4) is 0 Å². The number of halogens is 1. The Bertz CT molecular complexity index is 364. The lowest BCUT2D eigenvalue weighted by molar-refractivity contribution is 0.256. The highest BCUT2D eigenvalue weighted by molar-refractivity contribution is 9.10. The number of rotatable bonds is 0. The first-order chi connectivity index (χ1) is 6.83. The van der Waals surface area contributed by atoms with E-state index < -0.39 is 0 Å². The second-order valence-corrected chi connectivity index (χ2v) is 4.99. The third kappa shape index (κ3) is 1.35. The molecule has 0 spiro atoms. The number of nitrogens with zero attached hydrogens (tertiary/aromatic N) is 1. The summed E-state index contributed by atoms with van der Waals surface area (Å²) in [6.45, 7) is 2.34. The van der Waals surface area contributed by atoms with E-state index in [0.29, 0.717) is 6.17 Å². The quantitative estimate of drug-likeness (QED) is 0.764. The van der Waals surface area contributed by atoms with Crippen molar-refractivity contribution in [1.82, 2.24) is 4.90 Å². The highest BCUT2D eigenvalue weighted by Gasteiger charge is 2.28. The monoisotopic (exact) mass is 252 g/mol. The predicted molar refractivity (Wildman–Crippen MR) is 61.2 cm³/mol. The van der Waals surface area contributed by atoms with E-state index in [9.17, 15) is 0 Å². The van der Waals surface area contributed by atoms with Crippen molar-refractivity contribution in [3.8, 4) is 0 Å². The molecule has 0 radical (unpaired) electrons. The Labute approximate surface area is 92.4 Å². The molecule has 0 amide bonds. The smallest absolute Gasteiger partial charge is 0.0796 e. The standard InChI is InChI=1S/C11H13BrN2/c12-9-3-4-10-8(6-9)7-14-5-1-2-11(14)13-10/h3-4,6,11,13H,1-2,5,7H2. The maximum atomic E-state index is 3.59. The lowest BCUT2D eigenvalue weighted by Gasteiger charge is -2.33. The molecule has 2 nitrogen and oxygen atoms in total. The van der Waals surface area contributed by atoms with Gasteiger partial charge in [0, 0.05) is 23.2 Å². The molecule has 1 N–H and O–H groups in total. The number of hydrogen-bond donors (Lipinski definition) is 1. The summed E-state index contributed by atoms with van der Waals surface area (Å²) in [6.07, 6.45) is 3.20. The van der Waals surface area contributed by atoms with Gasteiger partial charge in [0.15, 0.2) is 0 Å². The van der Waals surface area contributed by atoms with Gasteiger partial charge in [-0.25, -0.2) is 0 Å². The van der Waals surface area contributed by atoms with Crippen molar-refractivity contribution >= 4 is 21.6 Å². The second kappa shape index (κ2) is 3.24. The Morgan fingerprint density at radius 1 is 1.43 bits per heavy atom. The summed E-state index contributed by atoms with van der Waals surface area (Å²) in [5, 5.41) is 3.59. The molecule has 0 aliphatic carbocycles. The van der Waals surface area contributed by atoms with Crippen LogP contribution in [0.15, 0.2) is 22.7 Å². The lowest BCUT2D eigenvalue weighted by Crippen LogP contribution is -2.39. The van der Waals surface area contributed by atoms with Crippen molar-refractivity contribution in [2.24, 2.45) is 0 Å². The fourth-order valence-corrected chi connectivity index (χ4v) is 2.82. The van der Waals surface area contributed by atoms with Gasteiger partial charge in [0.05, 0.1) is 6.17 Å². The number of hydrogen-bond acceptors (Lipinski definition) is 2. The summed E-state index contributed by atoms with van der Waals surface area (Å²) in [5.74, 6) is 0. The number of nitrogens with one attached hydrogen (secondary N) is 1. The van der Waals surface area contributed by atoms with E-state index in [2.05, 4.69) is 44.3 Å². The molecule has 1 aromatic carbocycles. The Morgan fingerprint density at radius 2 is 2.36 bits per heavy atom. The molecule has 1 saturated heterocycles. The zero-order chi connectivity index (χ0) is 9.54. The average Bonchev–Trinajstić information content (AvgIpc) is 2.61. The zero-order valence-electron chi connectivity index (χ0n) is 7.96. The van der Waals surface area contributed by atoms with Crippen molar-refractivity contribution in [1.29, 1.82) is 0 Å². The predicted octanol–water partition coefficient (Wildman–Crippen LogP) is 2.80. The normalized spacial score (nSPS) is 25.4. The van der Waals surface area contributed by atoms with E-state index in [-0.39, 0.29) is 0 Å². The third-order valence-corrected chi connectivity index (χ3v) is 3.62. The molecule has 3 heteroatoms. The molecular weight excluding hydrogens is 240 g/mol. The molecule has 0 aromatic heterocycles. The van der Waals surface area contributed by atoms with Gasteiger partial charge < -0.3 is 5.32 Å². The van der Waals surface area contributed by atoms with Crippen molar-refractivity contribution in [3.05, 3.63) is 28.2 Å². The van der Waals surface area contributed by atoms with E-state index in [1.807, 2.05) is 0 Å². The minimum atomic E-state index is 0.587. The van der Waals surface area contributed by atoms with Crippen molar-refractivity contribution in [3.63, 3.8) is 0 Å². The van der Waals surface area contributed by atoms with Gasteiger partial charge in [0.25, 0.3) is 0 Å². The van der Waals surface area contributed by atoms with Crippen LogP contribution in [-0.2, 0) is 6.54 Å². The lowest BCUT2D eigenvalue weighted by atomic mass is 10.1. The van der Waals surface area contributed by atoms with Gasteiger partial charge in [0.1, 0.15) is 0 Å². The maximum Gasteiger partial charge on any atom is 0.0796 e. The average molecular weight is 253 g/mol. The summed E-state index contributed by atoms with van der Waals surface area (Å²) < 4.78 is 1.18. The van der Waals surface area contributed by atoms with Gasteiger partial charge in [-0.2, -0.15) is 0 Å². The van der Waals surface area contributed by atoms with Gasteiger partial charge in [-0.15, -0.1) is 0 Å². The summed E-state index contributed by atoms with van der Waals surface area (Å²) in [5.41, 5.74) is 2.73. The Morgan fingerprint density at radius 3 is 3.29 bits per heavy atom. The number of fused-ring (bicyclic) bond motifs is 2.